The summed E-state index contributed by atoms with van der Waals surface area (Å²) in [6.45, 7) is 1.29. The molecule has 0 atom stereocenters. The van der Waals surface area contributed by atoms with Crippen molar-refractivity contribution in [3.8, 4) is 11.5 Å². The standard InChI is InChI=1S/C15H19NO2S/c1-17-14-3-2-13(4-7-16)15(10-14)18-8-5-12-6-9-19-11-12/h2-3,6,9-11H,4-5,7-8,16H2,1H3. The van der Waals surface area contributed by atoms with E-state index in [2.05, 4.69) is 16.8 Å². The number of methoxy groups -OCH3 is 1. The normalized spacial score (nSPS) is 10.4. The predicted octanol–water partition coefficient (Wildman–Crippen LogP) is 2.88. The van der Waals surface area contributed by atoms with E-state index in [0.717, 1.165) is 29.9 Å². The summed E-state index contributed by atoms with van der Waals surface area (Å²) in [7, 11) is 1.66. The molecule has 0 amide bonds. The maximum Gasteiger partial charge on any atom is 0.126 e. The van der Waals surface area contributed by atoms with Gasteiger partial charge in [-0.1, -0.05) is 6.07 Å². The lowest BCUT2D eigenvalue weighted by Crippen LogP contribution is -2.07. The van der Waals surface area contributed by atoms with Crippen molar-refractivity contribution in [1.82, 2.24) is 0 Å². The van der Waals surface area contributed by atoms with Crippen molar-refractivity contribution in [3.63, 3.8) is 0 Å². The molecule has 19 heavy (non-hydrogen) atoms. The van der Waals surface area contributed by atoms with Crippen molar-refractivity contribution in [2.45, 2.75) is 12.8 Å². The zero-order valence-corrected chi connectivity index (χ0v) is 11.9. The van der Waals surface area contributed by atoms with E-state index in [4.69, 9.17) is 15.2 Å². The van der Waals surface area contributed by atoms with Gasteiger partial charge in [0.2, 0.25) is 0 Å². The largest absolute Gasteiger partial charge is 0.497 e. The maximum atomic E-state index is 5.87. The fourth-order valence-corrected chi connectivity index (χ4v) is 2.58. The molecular weight excluding hydrogens is 258 g/mol. The van der Waals surface area contributed by atoms with Crippen LogP contribution in [0.25, 0.3) is 0 Å². The van der Waals surface area contributed by atoms with Crippen LogP contribution in [-0.2, 0) is 12.8 Å². The second kappa shape index (κ2) is 7.16. The molecule has 102 valence electrons. The molecule has 0 bridgehead atoms. The van der Waals surface area contributed by atoms with Crippen molar-refractivity contribution in [2.75, 3.05) is 20.3 Å². The lowest BCUT2D eigenvalue weighted by atomic mass is 10.1. The van der Waals surface area contributed by atoms with E-state index >= 15 is 0 Å². The summed E-state index contributed by atoms with van der Waals surface area (Å²) in [5.74, 6) is 1.69. The molecule has 0 aliphatic heterocycles. The minimum atomic E-state index is 0.618. The summed E-state index contributed by atoms with van der Waals surface area (Å²) in [4.78, 5) is 0. The van der Waals surface area contributed by atoms with Crippen molar-refractivity contribution in [2.24, 2.45) is 5.73 Å². The zero-order chi connectivity index (χ0) is 13.5. The number of rotatable bonds is 7. The number of benzene rings is 1. The SMILES string of the molecule is COc1ccc(CCN)c(OCCc2ccsc2)c1. The summed E-state index contributed by atoms with van der Waals surface area (Å²) in [5, 5.41) is 4.23. The monoisotopic (exact) mass is 277 g/mol. The molecule has 4 heteroatoms. The van der Waals surface area contributed by atoms with Gasteiger partial charge < -0.3 is 15.2 Å². The van der Waals surface area contributed by atoms with Gasteiger partial charge in [-0.2, -0.15) is 11.3 Å². The fraction of sp³-hybridized carbons (Fsp3) is 0.333. The second-order valence-electron chi connectivity index (χ2n) is 4.24. The molecule has 2 N–H and O–H groups in total. The Morgan fingerprint density at radius 2 is 2.11 bits per heavy atom. The summed E-state index contributed by atoms with van der Waals surface area (Å²) < 4.78 is 11.1. The van der Waals surface area contributed by atoms with E-state index < -0.39 is 0 Å². The second-order valence-corrected chi connectivity index (χ2v) is 5.02. The highest BCUT2D eigenvalue weighted by atomic mass is 32.1. The number of hydrogen-bond acceptors (Lipinski definition) is 4. The fourth-order valence-electron chi connectivity index (χ4n) is 1.87. The molecule has 0 aliphatic rings. The van der Waals surface area contributed by atoms with E-state index in [1.807, 2.05) is 18.2 Å². The summed E-state index contributed by atoms with van der Waals surface area (Å²) in [5.41, 5.74) is 8.07. The maximum absolute atomic E-state index is 5.87. The summed E-state index contributed by atoms with van der Waals surface area (Å²) >= 11 is 1.71. The van der Waals surface area contributed by atoms with Crippen molar-refractivity contribution in [1.29, 1.82) is 0 Å². The Kier molecular flexibility index (Phi) is 5.24. The molecule has 2 aromatic rings. The quantitative estimate of drug-likeness (QED) is 0.846. The van der Waals surface area contributed by atoms with Crippen LogP contribution in [-0.4, -0.2) is 20.3 Å². The van der Waals surface area contributed by atoms with Crippen LogP contribution in [0, 0.1) is 0 Å². The van der Waals surface area contributed by atoms with Gasteiger partial charge in [0.1, 0.15) is 11.5 Å². The highest BCUT2D eigenvalue weighted by Gasteiger charge is 2.05. The predicted molar refractivity (Wildman–Crippen MR) is 79.3 cm³/mol. The minimum Gasteiger partial charge on any atom is -0.497 e. The van der Waals surface area contributed by atoms with Gasteiger partial charge >= 0.3 is 0 Å². The van der Waals surface area contributed by atoms with E-state index in [-0.39, 0.29) is 0 Å². The van der Waals surface area contributed by atoms with Crippen LogP contribution in [0.2, 0.25) is 0 Å². The minimum absolute atomic E-state index is 0.618. The van der Waals surface area contributed by atoms with Gasteiger partial charge in [0.25, 0.3) is 0 Å². The first-order chi connectivity index (χ1) is 9.33. The lowest BCUT2D eigenvalue weighted by Gasteiger charge is -2.12. The van der Waals surface area contributed by atoms with Gasteiger partial charge in [0, 0.05) is 12.5 Å². The Bertz CT molecular complexity index is 497. The Morgan fingerprint density at radius 1 is 1.21 bits per heavy atom. The molecule has 0 fully saturated rings. The first kappa shape index (κ1) is 13.9. The molecule has 3 nitrogen and oxygen atoms in total. The van der Waals surface area contributed by atoms with Crippen LogP contribution < -0.4 is 15.2 Å². The van der Waals surface area contributed by atoms with Crippen LogP contribution in [0.15, 0.2) is 35.0 Å². The third-order valence-electron chi connectivity index (χ3n) is 2.92. The molecule has 1 aromatic heterocycles. The number of hydrogen-bond donors (Lipinski definition) is 1. The summed E-state index contributed by atoms with van der Waals surface area (Å²) in [6.07, 6.45) is 1.74. The topological polar surface area (TPSA) is 44.5 Å². The van der Waals surface area contributed by atoms with Gasteiger partial charge in [-0.15, -0.1) is 0 Å². The average molecular weight is 277 g/mol. The van der Waals surface area contributed by atoms with Crippen LogP contribution in [0.1, 0.15) is 11.1 Å². The van der Waals surface area contributed by atoms with Gasteiger partial charge in [0.15, 0.2) is 0 Å². The molecule has 0 saturated heterocycles. The van der Waals surface area contributed by atoms with Crippen LogP contribution in [0.3, 0.4) is 0 Å². The highest BCUT2D eigenvalue weighted by molar-refractivity contribution is 7.07. The molecule has 0 radical (unpaired) electrons. The van der Waals surface area contributed by atoms with Crippen LogP contribution in [0.4, 0.5) is 0 Å². The third-order valence-corrected chi connectivity index (χ3v) is 3.65. The van der Waals surface area contributed by atoms with Gasteiger partial charge in [-0.25, -0.2) is 0 Å². The molecule has 0 spiro atoms. The Hall–Kier alpha value is -1.52. The Morgan fingerprint density at radius 3 is 2.79 bits per heavy atom. The first-order valence-electron chi connectivity index (χ1n) is 6.34. The molecule has 2 rings (SSSR count). The zero-order valence-electron chi connectivity index (χ0n) is 11.1. The third kappa shape index (κ3) is 3.98. The molecule has 0 aliphatic carbocycles. The number of nitrogens with two attached hydrogens (primary N) is 1. The van der Waals surface area contributed by atoms with Crippen LogP contribution >= 0.6 is 11.3 Å². The smallest absolute Gasteiger partial charge is 0.126 e. The number of ether oxygens (including phenoxy) is 2. The van der Waals surface area contributed by atoms with Gasteiger partial charge in [-0.05, 0) is 47.0 Å². The van der Waals surface area contributed by atoms with Crippen LogP contribution in [0.5, 0.6) is 11.5 Å². The van der Waals surface area contributed by atoms with E-state index in [0.29, 0.717) is 13.2 Å². The summed E-state index contributed by atoms with van der Waals surface area (Å²) in [6, 6.07) is 8.02. The number of thiophene rings is 1. The molecule has 0 saturated carbocycles. The Balaban J connectivity index is 2.00. The molecule has 1 aromatic carbocycles. The van der Waals surface area contributed by atoms with E-state index in [1.54, 1.807) is 18.4 Å². The molecular formula is C15H19NO2S. The Labute approximate surface area is 118 Å². The first-order valence-corrected chi connectivity index (χ1v) is 7.28. The average Bonchev–Trinajstić information content (AvgIpc) is 2.94. The van der Waals surface area contributed by atoms with Gasteiger partial charge in [-0.3, -0.25) is 0 Å². The highest BCUT2D eigenvalue weighted by Crippen LogP contribution is 2.25. The van der Waals surface area contributed by atoms with Gasteiger partial charge in [0.05, 0.1) is 13.7 Å². The van der Waals surface area contributed by atoms with Crippen molar-refractivity contribution >= 4 is 11.3 Å². The van der Waals surface area contributed by atoms with E-state index in [1.165, 1.54) is 5.56 Å². The van der Waals surface area contributed by atoms with Crippen molar-refractivity contribution in [3.05, 3.63) is 46.2 Å². The van der Waals surface area contributed by atoms with Crippen molar-refractivity contribution < 1.29 is 9.47 Å². The van der Waals surface area contributed by atoms with E-state index in [9.17, 15) is 0 Å². The molecule has 0 unspecified atom stereocenters. The lowest BCUT2D eigenvalue weighted by molar-refractivity contribution is 0.315. The molecule has 1 heterocycles.